The number of esters is 1. The molecule has 0 radical (unpaired) electrons. The molecule has 0 spiro atoms. The van der Waals surface area contributed by atoms with Crippen molar-refractivity contribution in [2.75, 3.05) is 11.9 Å². The van der Waals surface area contributed by atoms with E-state index >= 15 is 0 Å². The summed E-state index contributed by atoms with van der Waals surface area (Å²) in [5, 5.41) is 24.9. The third-order valence-electron chi connectivity index (χ3n) is 7.04. The van der Waals surface area contributed by atoms with Crippen LogP contribution in [-0.2, 0) is 20.7 Å². The first-order valence-electron chi connectivity index (χ1n) is 13.2. The molecule has 204 valence electrons. The molecule has 0 bridgehead atoms. The van der Waals surface area contributed by atoms with Crippen molar-refractivity contribution in [3.05, 3.63) is 83.9 Å². The number of aliphatic hydroxyl groups excluding tert-OH is 2. The van der Waals surface area contributed by atoms with Crippen LogP contribution in [0.3, 0.4) is 0 Å². The van der Waals surface area contributed by atoms with Gasteiger partial charge in [0.25, 0.3) is 0 Å². The molecular formula is C29H33N5O5. The first-order chi connectivity index (χ1) is 18.9. The quantitative estimate of drug-likeness (QED) is 0.263. The number of benzene rings is 2. The number of hydrogen-bond acceptors (Lipinski definition) is 9. The van der Waals surface area contributed by atoms with Crippen LogP contribution in [0.4, 0.5) is 5.82 Å². The first kappa shape index (κ1) is 26.7. The van der Waals surface area contributed by atoms with Crippen LogP contribution < -0.4 is 5.32 Å². The number of imidazole rings is 1. The fourth-order valence-electron chi connectivity index (χ4n) is 4.76. The Hall–Kier alpha value is -3.86. The Morgan fingerprint density at radius 2 is 1.85 bits per heavy atom. The van der Waals surface area contributed by atoms with E-state index in [2.05, 4.69) is 39.3 Å². The fraction of sp³-hybridized carbons (Fsp3) is 0.379. The molecule has 0 amide bonds. The standard InChI is InChI=1S/C29H33N5O5/c1-3-21(20-7-5-4-6-8-20)33-27-24-28(31-16-30-27)34(17-32-24)29-26(37)25(36)22(39-29)15-38-23(35)14-13-19-11-9-18(2)10-12-19/h4-12,16-17,21-22,25-26,29,36-37H,3,13-15H2,1-2H3,(H,30,31,33)/t21-,22+,25?,26-,29+/m0/s1. The third-order valence-corrected chi connectivity index (χ3v) is 7.04. The largest absolute Gasteiger partial charge is 0.463 e. The van der Waals surface area contributed by atoms with Crippen LogP contribution in [0.2, 0.25) is 0 Å². The number of carbonyl (C=O) groups is 1. The molecule has 4 aromatic rings. The van der Waals surface area contributed by atoms with E-state index in [4.69, 9.17) is 9.47 Å². The molecule has 10 heteroatoms. The van der Waals surface area contributed by atoms with E-state index in [9.17, 15) is 15.0 Å². The van der Waals surface area contributed by atoms with E-state index < -0.39 is 30.5 Å². The maximum absolute atomic E-state index is 12.3. The summed E-state index contributed by atoms with van der Waals surface area (Å²) in [6, 6.07) is 18.1. The molecule has 3 N–H and O–H groups in total. The first-order valence-corrected chi connectivity index (χ1v) is 13.2. The van der Waals surface area contributed by atoms with Crippen molar-refractivity contribution < 1.29 is 24.5 Å². The van der Waals surface area contributed by atoms with Crippen LogP contribution in [0.5, 0.6) is 0 Å². The van der Waals surface area contributed by atoms with Gasteiger partial charge in [0.15, 0.2) is 23.2 Å². The highest BCUT2D eigenvalue weighted by Crippen LogP contribution is 2.33. The average Bonchev–Trinajstić information content (AvgIpc) is 3.51. The predicted molar refractivity (Wildman–Crippen MR) is 145 cm³/mol. The Labute approximate surface area is 226 Å². The lowest BCUT2D eigenvalue weighted by atomic mass is 10.0. The Bertz CT molecular complexity index is 1390. The summed E-state index contributed by atoms with van der Waals surface area (Å²) in [7, 11) is 0. The summed E-state index contributed by atoms with van der Waals surface area (Å²) < 4.78 is 12.9. The second-order valence-electron chi connectivity index (χ2n) is 9.78. The lowest BCUT2D eigenvalue weighted by Crippen LogP contribution is -2.34. The van der Waals surface area contributed by atoms with Crippen LogP contribution in [0.25, 0.3) is 11.2 Å². The van der Waals surface area contributed by atoms with Crippen molar-refractivity contribution in [1.29, 1.82) is 0 Å². The number of hydrogen-bond donors (Lipinski definition) is 3. The molecule has 10 nitrogen and oxygen atoms in total. The molecule has 2 aromatic carbocycles. The number of anilines is 1. The molecular weight excluding hydrogens is 498 g/mol. The van der Waals surface area contributed by atoms with Crippen LogP contribution in [-0.4, -0.2) is 60.6 Å². The number of rotatable bonds is 10. The lowest BCUT2D eigenvalue weighted by molar-refractivity contribution is -0.150. The van der Waals surface area contributed by atoms with Gasteiger partial charge in [0.1, 0.15) is 31.2 Å². The fourth-order valence-corrected chi connectivity index (χ4v) is 4.76. The Morgan fingerprint density at radius 1 is 1.08 bits per heavy atom. The molecule has 1 unspecified atom stereocenters. The molecule has 0 aliphatic carbocycles. The second kappa shape index (κ2) is 11.9. The maximum Gasteiger partial charge on any atom is 0.306 e. The Kier molecular flexibility index (Phi) is 8.16. The minimum Gasteiger partial charge on any atom is -0.463 e. The maximum atomic E-state index is 12.3. The highest BCUT2D eigenvalue weighted by molar-refractivity contribution is 5.83. The smallest absolute Gasteiger partial charge is 0.306 e. The highest BCUT2D eigenvalue weighted by atomic mass is 16.6. The van der Waals surface area contributed by atoms with E-state index in [0.717, 1.165) is 23.1 Å². The van der Waals surface area contributed by atoms with Gasteiger partial charge in [-0.15, -0.1) is 0 Å². The SMILES string of the molecule is CC[C@H](Nc1ncnc2c1ncn2[C@@H]1O[C@H](COC(=O)CCc2ccc(C)cc2)C(O)[C@@H]1O)c1ccccc1. The van der Waals surface area contributed by atoms with Gasteiger partial charge in [-0.3, -0.25) is 9.36 Å². The van der Waals surface area contributed by atoms with Gasteiger partial charge in [-0.1, -0.05) is 67.1 Å². The van der Waals surface area contributed by atoms with Crippen molar-refractivity contribution in [3.63, 3.8) is 0 Å². The zero-order valence-electron chi connectivity index (χ0n) is 22.0. The van der Waals surface area contributed by atoms with Gasteiger partial charge in [0.05, 0.1) is 12.4 Å². The lowest BCUT2D eigenvalue weighted by Gasteiger charge is -2.19. The number of aryl methyl sites for hydroxylation is 2. The Morgan fingerprint density at radius 3 is 2.59 bits per heavy atom. The third kappa shape index (κ3) is 5.93. The topological polar surface area (TPSA) is 132 Å². The van der Waals surface area contributed by atoms with Gasteiger partial charge in [-0.25, -0.2) is 15.0 Å². The summed E-state index contributed by atoms with van der Waals surface area (Å²) >= 11 is 0. The minimum absolute atomic E-state index is 0.0228. The van der Waals surface area contributed by atoms with Gasteiger partial charge in [0, 0.05) is 6.42 Å². The van der Waals surface area contributed by atoms with Crippen molar-refractivity contribution >= 4 is 23.0 Å². The molecule has 1 fully saturated rings. The van der Waals surface area contributed by atoms with Crippen LogP contribution in [0.1, 0.15) is 48.7 Å². The minimum atomic E-state index is -1.27. The number of aliphatic hydroxyl groups is 2. The summed E-state index contributed by atoms with van der Waals surface area (Å²) in [4.78, 5) is 25.5. The number of nitrogens with one attached hydrogen (secondary N) is 1. The molecule has 1 aliphatic rings. The molecule has 5 atom stereocenters. The Balaban J connectivity index is 1.24. The number of aromatic nitrogens is 4. The average molecular weight is 532 g/mol. The van der Waals surface area contributed by atoms with E-state index in [-0.39, 0.29) is 19.1 Å². The van der Waals surface area contributed by atoms with Gasteiger partial charge >= 0.3 is 5.97 Å². The predicted octanol–water partition coefficient (Wildman–Crippen LogP) is 3.49. The van der Waals surface area contributed by atoms with E-state index in [0.29, 0.717) is 23.4 Å². The summed E-state index contributed by atoms with van der Waals surface area (Å²) in [6.07, 6.45) is 0.149. The zero-order chi connectivity index (χ0) is 27.4. The number of carbonyl (C=O) groups excluding carboxylic acids is 1. The van der Waals surface area contributed by atoms with Crippen molar-refractivity contribution in [2.45, 2.75) is 63.7 Å². The normalized spacial score (nSPS) is 21.6. The molecule has 39 heavy (non-hydrogen) atoms. The summed E-state index contributed by atoms with van der Waals surface area (Å²) in [5.74, 6) is 0.159. The van der Waals surface area contributed by atoms with Crippen LogP contribution >= 0.6 is 0 Å². The number of fused-ring (bicyclic) bond motifs is 1. The van der Waals surface area contributed by atoms with Crippen LogP contribution in [0.15, 0.2) is 67.3 Å². The molecule has 2 aromatic heterocycles. The molecule has 1 saturated heterocycles. The molecule has 5 rings (SSSR count). The van der Waals surface area contributed by atoms with E-state index in [1.165, 1.54) is 12.7 Å². The van der Waals surface area contributed by atoms with Gasteiger partial charge in [-0.05, 0) is 30.9 Å². The second-order valence-corrected chi connectivity index (χ2v) is 9.78. The summed E-state index contributed by atoms with van der Waals surface area (Å²) in [5.41, 5.74) is 4.29. The van der Waals surface area contributed by atoms with E-state index in [1.54, 1.807) is 4.57 Å². The van der Waals surface area contributed by atoms with Gasteiger partial charge in [-0.2, -0.15) is 0 Å². The monoisotopic (exact) mass is 531 g/mol. The van der Waals surface area contributed by atoms with Crippen molar-refractivity contribution in [1.82, 2.24) is 19.5 Å². The van der Waals surface area contributed by atoms with Crippen molar-refractivity contribution in [3.8, 4) is 0 Å². The van der Waals surface area contributed by atoms with Gasteiger partial charge in [0.2, 0.25) is 0 Å². The van der Waals surface area contributed by atoms with Gasteiger partial charge < -0.3 is 25.0 Å². The molecule has 1 aliphatic heterocycles. The van der Waals surface area contributed by atoms with Crippen molar-refractivity contribution in [2.24, 2.45) is 0 Å². The van der Waals surface area contributed by atoms with Crippen LogP contribution in [0, 0.1) is 6.92 Å². The molecule has 3 heterocycles. The highest BCUT2D eigenvalue weighted by Gasteiger charge is 2.45. The van der Waals surface area contributed by atoms with E-state index in [1.807, 2.05) is 49.4 Å². The molecule has 0 saturated carbocycles. The number of ether oxygens (including phenoxy) is 2. The number of nitrogens with zero attached hydrogens (tertiary/aromatic N) is 4. The summed E-state index contributed by atoms with van der Waals surface area (Å²) in [6.45, 7) is 3.92. The zero-order valence-corrected chi connectivity index (χ0v) is 22.0.